The van der Waals surface area contributed by atoms with Gasteiger partial charge in [0.1, 0.15) is 16.8 Å². The molecule has 3 heterocycles. The Balaban J connectivity index is 1.47. The molecule has 1 N–H and O–H groups in total. The molecule has 9 heteroatoms. The number of carbonyl (C=O) groups excluding carboxylic acids is 1. The largest absolute Gasteiger partial charge is 0.469 e. The van der Waals surface area contributed by atoms with E-state index in [0.717, 1.165) is 61.4 Å². The molecule has 0 aromatic carbocycles. The minimum absolute atomic E-state index is 0.132. The lowest BCUT2D eigenvalue weighted by Gasteiger charge is -2.09. The molecule has 32 heavy (non-hydrogen) atoms. The van der Waals surface area contributed by atoms with Gasteiger partial charge < -0.3 is 14.3 Å². The molecule has 1 aliphatic carbocycles. The van der Waals surface area contributed by atoms with Crippen LogP contribution in [0, 0.1) is 18.3 Å². The van der Waals surface area contributed by atoms with Crippen LogP contribution in [-0.2, 0) is 24.2 Å². The Morgan fingerprint density at radius 2 is 2.12 bits per heavy atom. The van der Waals surface area contributed by atoms with Crippen molar-refractivity contribution in [3.63, 3.8) is 0 Å². The topological polar surface area (TPSA) is 96.7 Å². The highest BCUT2D eigenvalue weighted by molar-refractivity contribution is 7.99. The van der Waals surface area contributed by atoms with Crippen LogP contribution in [0.25, 0.3) is 11.4 Å². The van der Waals surface area contributed by atoms with Crippen LogP contribution in [0.3, 0.4) is 0 Å². The fraction of sp³-hybridized carbons (Fsp3) is 0.478. The number of rotatable bonds is 7. The van der Waals surface area contributed by atoms with Crippen molar-refractivity contribution in [3.8, 4) is 17.5 Å². The molecule has 3 aromatic heterocycles. The van der Waals surface area contributed by atoms with Gasteiger partial charge in [-0.1, -0.05) is 31.5 Å². The molecule has 0 aliphatic heterocycles. The minimum atomic E-state index is -0.132. The molecule has 0 saturated carbocycles. The Morgan fingerprint density at radius 1 is 1.31 bits per heavy atom. The monoisotopic (exact) mass is 469 g/mol. The van der Waals surface area contributed by atoms with Crippen LogP contribution in [0.5, 0.6) is 0 Å². The molecule has 0 bridgehead atoms. The summed E-state index contributed by atoms with van der Waals surface area (Å²) >= 11 is 2.93. The predicted molar refractivity (Wildman–Crippen MR) is 127 cm³/mol. The summed E-state index contributed by atoms with van der Waals surface area (Å²) in [6.45, 7) is 4.75. The summed E-state index contributed by atoms with van der Waals surface area (Å²) in [5.74, 6) is 1.62. The number of amides is 1. The van der Waals surface area contributed by atoms with Crippen LogP contribution < -0.4 is 5.32 Å². The van der Waals surface area contributed by atoms with Gasteiger partial charge in [0.2, 0.25) is 5.91 Å². The van der Waals surface area contributed by atoms with E-state index in [0.29, 0.717) is 15.7 Å². The molecular formula is C23H27N5O2S2. The summed E-state index contributed by atoms with van der Waals surface area (Å²) in [5, 5.41) is 22.8. The molecule has 1 amide bonds. The van der Waals surface area contributed by atoms with Crippen LogP contribution in [-0.4, -0.2) is 26.4 Å². The van der Waals surface area contributed by atoms with Gasteiger partial charge in [-0.2, -0.15) is 5.26 Å². The van der Waals surface area contributed by atoms with Crippen LogP contribution in [0.4, 0.5) is 5.00 Å². The molecule has 3 aromatic rings. The quantitative estimate of drug-likeness (QED) is 0.454. The number of aryl methyl sites for hydroxylation is 2. The SMILES string of the molecule is CCCn1c(SCC(=O)Nc2sc3c(c2C#N)CCCCCC3)nnc1-c1ccoc1C. The highest BCUT2D eigenvalue weighted by Gasteiger charge is 2.22. The van der Waals surface area contributed by atoms with Crippen LogP contribution in [0.2, 0.25) is 0 Å². The van der Waals surface area contributed by atoms with Crippen molar-refractivity contribution in [1.82, 2.24) is 14.8 Å². The van der Waals surface area contributed by atoms with Crippen molar-refractivity contribution in [3.05, 3.63) is 34.1 Å². The highest BCUT2D eigenvalue weighted by atomic mass is 32.2. The number of fused-ring (bicyclic) bond motifs is 1. The van der Waals surface area contributed by atoms with E-state index in [9.17, 15) is 10.1 Å². The van der Waals surface area contributed by atoms with Gasteiger partial charge in [-0.25, -0.2) is 0 Å². The van der Waals surface area contributed by atoms with Crippen molar-refractivity contribution in [1.29, 1.82) is 5.26 Å². The van der Waals surface area contributed by atoms with Crippen molar-refractivity contribution < 1.29 is 9.21 Å². The molecule has 4 rings (SSSR count). The van der Waals surface area contributed by atoms with E-state index in [-0.39, 0.29) is 11.7 Å². The number of thiophene rings is 1. The standard InChI is InChI=1S/C23H27N5O2S2/c1-3-11-28-21(16-10-12-30-15(16)2)26-27-23(28)31-14-20(29)25-22-18(13-24)17-8-6-4-5-7-9-19(17)32-22/h10,12H,3-9,11,14H2,1-2H3,(H,25,29). The molecule has 168 valence electrons. The fourth-order valence-corrected chi connectivity index (χ4v) is 6.08. The lowest BCUT2D eigenvalue weighted by molar-refractivity contribution is -0.113. The van der Waals surface area contributed by atoms with E-state index in [1.807, 2.05) is 17.6 Å². The second kappa shape index (κ2) is 10.4. The second-order valence-electron chi connectivity index (χ2n) is 7.92. The normalized spacial score (nSPS) is 13.8. The first-order valence-corrected chi connectivity index (χ1v) is 12.9. The number of nitrogens with zero attached hydrogens (tertiary/aromatic N) is 4. The average Bonchev–Trinajstić information content (AvgIpc) is 3.44. The van der Waals surface area contributed by atoms with Gasteiger partial charge in [0, 0.05) is 11.4 Å². The first kappa shape index (κ1) is 22.6. The lowest BCUT2D eigenvalue weighted by Crippen LogP contribution is -2.14. The van der Waals surface area contributed by atoms with Crippen LogP contribution in [0.15, 0.2) is 21.9 Å². The number of furan rings is 1. The zero-order valence-electron chi connectivity index (χ0n) is 18.4. The number of nitriles is 1. The maximum absolute atomic E-state index is 12.8. The van der Waals surface area contributed by atoms with Crippen molar-refractivity contribution in [2.24, 2.45) is 0 Å². The molecule has 0 spiro atoms. The van der Waals surface area contributed by atoms with Crippen LogP contribution >= 0.6 is 23.1 Å². The maximum Gasteiger partial charge on any atom is 0.235 e. The Labute approximate surface area is 196 Å². The zero-order chi connectivity index (χ0) is 22.5. The second-order valence-corrected chi connectivity index (χ2v) is 9.97. The molecule has 0 radical (unpaired) electrons. The minimum Gasteiger partial charge on any atom is -0.469 e. The zero-order valence-corrected chi connectivity index (χ0v) is 20.1. The summed E-state index contributed by atoms with van der Waals surface area (Å²) in [6.07, 6.45) is 9.18. The number of hydrogen-bond donors (Lipinski definition) is 1. The van der Waals surface area contributed by atoms with Gasteiger partial charge in [-0.3, -0.25) is 4.79 Å². The molecule has 1 aliphatic rings. The number of aromatic nitrogens is 3. The van der Waals surface area contributed by atoms with E-state index in [1.54, 1.807) is 17.6 Å². The van der Waals surface area contributed by atoms with E-state index in [1.165, 1.54) is 29.5 Å². The van der Waals surface area contributed by atoms with Crippen LogP contribution in [0.1, 0.15) is 60.8 Å². The highest BCUT2D eigenvalue weighted by Crippen LogP contribution is 2.37. The summed E-state index contributed by atoms with van der Waals surface area (Å²) in [6, 6.07) is 4.22. The van der Waals surface area contributed by atoms with E-state index in [2.05, 4.69) is 28.5 Å². The van der Waals surface area contributed by atoms with E-state index >= 15 is 0 Å². The number of thioether (sulfide) groups is 1. The molecule has 0 fully saturated rings. The number of nitrogens with one attached hydrogen (secondary N) is 1. The van der Waals surface area contributed by atoms with Gasteiger partial charge in [0.15, 0.2) is 11.0 Å². The van der Waals surface area contributed by atoms with E-state index < -0.39 is 0 Å². The first-order chi connectivity index (χ1) is 15.6. The number of carbonyl (C=O) groups is 1. The van der Waals surface area contributed by atoms with Crippen molar-refractivity contribution in [2.75, 3.05) is 11.1 Å². The summed E-state index contributed by atoms with van der Waals surface area (Å²) in [4.78, 5) is 14.0. The smallest absolute Gasteiger partial charge is 0.235 e. The Bertz CT molecular complexity index is 1140. The third-order valence-corrected chi connectivity index (χ3v) is 7.81. The molecule has 7 nitrogen and oxygen atoms in total. The fourth-order valence-electron chi connectivity index (χ4n) is 4.06. The third kappa shape index (κ3) is 4.76. The van der Waals surface area contributed by atoms with Gasteiger partial charge in [0.05, 0.1) is 23.1 Å². The summed E-state index contributed by atoms with van der Waals surface area (Å²) < 4.78 is 7.46. The lowest BCUT2D eigenvalue weighted by atomic mass is 9.97. The Kier molecular flexibility index (Phi) is 7.33. The maximum atomic E-state index is 12.8. The number of hydrogen-bond acceptors (Lipinski definition) is 7. The summed E-state index contributed by atoms with van der Waals surface area (Å²) in [7, 11) is 0. The van der Waals surface area contributed by atoms with E-state index in [4.69, 9.17) is 4.42 Å². The van der Waals surface area contributed by atoms with Crippen molar-refractivity contribution in [2.45, 2.75) is 70.5 Å². The van der Waals surface area contributed by atoms with Gasteiger partial charge in [0.25, 0.3) is 0 Å². The molecule has 0 unspecified atom stereocenters. The first-order valence-electron chi connectivity index (χ1n) is 11.1. The third-order valence-electron chi connectivity index (χ3n) is 5.63. The predicted octanol–water partition coefficient (Wildman–Crippen LogP) is 5.58. The van der Waals surface area contributed by atoms with Crippen molar-refractivity contribution >= 4 is 34.0 Å². The summed E-state index contributed by atoms with van der Waals surface area (Å²) in [5.41, 5.74) is 2.71. The number of anilines is 1. The molecule has 0 atom stereocenters. The Morgan fingerprint density at radius 3 is 2.84 bits per heavy atom. The van der Waals surface area contributed by atoms with Gasteiger partial charge in [-0.05, 0) is 50.7 Å². The molecule has 0 saturated heterocycles. The van der Waals surface area contributed by atoms with Gasteiger partial charge >= 0.3 is 0 Å². The Hall–Kier alpha value is -2.57. The van der Waals surface area contributed by atoms with Gasteiger partial charge in [-0.15, -0.1) is 21.5 Å². The molecular weight excluding hydrogens is 442 g/mol. The average molecular weight is 470 g/mol.